The van der Waals surface area contributed by atoms with Crippen molar-refractivity contribution in [3.05, 3.63) is 65.4 Å². The molecule has 106 valence electrons. The van der Waals surface area contributed by atoms with Crippen molar-refractivity contribution in [3.63, 3.8) is 0 Å². The van der Waals surface area contributed by atoms with Crippen LogP contribution in [-0.4, -0.2) is 10.7 Å². The van der Waals surface area contributed by atoms with Crippen LogP contribution in [0, 0.1) is 13.8 Å². The van der Waals surface area contributed by atoms with Gasteiger partial charge in [0.15, 0.2) is 0 Å². The normalized spacial score (nSPS) is 17.0. The summed E-state index contributed by atoms with van der Waals surface area (Å²) >= 11 is 0. The van der Waals surface area contributed by atoms with Crippen LogP contribution in [0.25, 0.3) is 10.9 Å². The molecule has 0 fully saturated rings. The SMILES string of the molecule is Cc1ccc2c(c1)CC(Cn1ccc3c(C)cccc31)O2. The highest BCUT2D eigenvalue weighted by molar-refractivity contribution is 5.83. The fourth-order valence-corrected chi connectivity index (χ4v) is 3.31. The number of hydrogen-bond donors (Lipinski definition) is 0. The Morgan fingerprint density at radius 2 is 2.05 bits per heavy atom. The summed E-state index contributed by atoms with van der Waals surface area (Å²) in [6.45, 7) is 5.20. The molecule has 2 heterocycles. The van der Waals surface area contributed by atoms with E-state index in [2.05, 4.69) is 67.1 Å². The first-order chi connectivity index (χ1) is 10.2. The molecular formula is C19H19NO. The van der Waals surface area contributed by atoms with Gasteiger partial charge in [0.25, 0.3) is 0 Å². The Hall–Kier alpha value is -2.22. The second-order valence-corrected chi connectivity index (χ2v) is 6.03. The van der Waals surface area contributed by atoms with E-state index < -0.39 is 0 Å². The minimum absolute atomic E-state index is 0.234. The second-order valence-electron chi connectivity index (χ2n) is 6.03. The standard InChI is InChI=1S/C19H19NO/c1-13-6-7-19-15(10-13)11-16(21-19)12-20-9-8-17-14(2)4-3-5-18(17)20/h3-10,16H,11-12H2,1-2H3. The molecule has 1 aromatic heterocycles. The first-order valence-electron chi connectivity index (χ1n) is 7.51. The molecule has 0 spiro atoms. The molecule has 2 aromatic carbocycles. The maximum atomic E-state index is 6.09. The Labute approximate surface area is 125 Å². The average molecular weight is 277 g/mol. The first-order valence-corrected chi connectivity index (χ1v) is 7.51. The van der Waals surface area contributed by atoms with Gasteiger partial charge in [0.1, 0.15) is 11.9 Å². The van der Waals surface area contributed by atoms with Gasteiger partial charge < -0.3 is 9.30 Å². The molecule has 1 unspecified atom stereocenters. The van der Waals surface area contributed by atoms with E-state index in [1.54, 1.807) is 0 Å². The number of ether oxygens (including phenoxy) is 1. The average Bonchev–Trinajstić information content (AvgIpc) is 3.04. The smallest absolute Gasteiger partial charge is 0.123 e. The van der Waals surface area contributed by atoms with Gasteiger partial charge in [-0.05, 0) is 43.2 Å². The molecule has 1 atom stereocenters. The van der Waals surface area contributed by atoms with E-state index in [9.17, 15) is 0 Å². The molecular weight excluding hydrogens is 258 g/mol. The topological polar surface area (TPSA) is 14.2 Å². The highest BCUT2D eigenvalue weighted by Crippen LogP contribution is 2.31. The van der Waals surface area contributed by atoms with Crippen molar-refractivity contribution in [2.45, 2.75) is 32.9 Å². The summed E-state index contributed by atoms with van der Waals surface area (Å²) in [4.78, 5) is 0. The molecule has 0 amide bonds. The van der Waals surface area contributed by atoms with Crippen LogP contribution >= 0.6 is 0 Å². The van der Waals surface area contributed by atoms with Crippen LogP contribution in [0.5, 0.6) is 5.75 Å². The van der Waals surface area contributed by atoms with Gasteiger partial charge in [0.2, 0.25) is 0 Å². The van der Waals surface area contributed by atoms with Gasteiger partial charge in [-0.15, -0.1) is 0 Å². The van der Waals surface area contributed by atoms with Crippen LogP contribution < -0.4 is 4.74 Å². The van der Waals surface area contributed by atoms with E-state index in [-0.39, 0.29) is 6.10 Å². The van der Waals surface area contributed by atoms with Crippen LogP contribution in [-0.2, 0) is 13.0 Å². The molecule has 2 nitrogen and oxygen atoms in total. The third-order valence-electron chi connectivity index (χ3n) is 4.39. The van der Waals surface area contributed by atoms with E-state index in [1.807, 2.05) is 0 Å². The first kappa shape index (κ1) is 12.5. The lowest BCUT2D eigenvalue weighted by Gasteiger charge is -2.13. The van der Waals surface area contributed by atoms with Crippen LogP contribution in [0.15, 0.2) is 48.7 Å². The lowest BCUT2D eigenvalue weighted by molar-refractivity contribution is 0.211. The zero-order valence-corrected chi connectivity index (χ0v) is 12.5. The van der Waals surface area contributed by atoms with Crippen molar-refractivity contribution in [1.29, 1.82) is 0 Å². The number of benzene rings is 2. The van der Waals surface area contributed by atoms with Crippen molar-refractivity contribution in [3.8, 4) is 5.75 Å². The summed E-state index contributed by atoms with van der Waals surface area (Å²) in [5.74, 6) is 1.05. The number of rotatable bonds is 2. The lowest BCUT2D eigenvalue weighted by Crippen LogP contribution is -2.20. The van der Waals surface area contributed by atoms with E-state index >= 15 is 0 Å². The van der Waals surface area contributed by atoms with Crippen LogP contribution in [0.3, 0.4) is 0 Å². The van der Waals surface area contributed by atoms with E-state index in [0.717, 1.165) is 18.7 Å². The molecule has 0 aliphatic carbocycles. The zero-order chi connectivity index (χ0) is 14.4. The molecule has 0 radical (unpaired) electrons. The number of hydrogen-bond acceptors (Lipinski definition) is 1. The number of aryl methyl sites for hydroxylation is 2. The number of nitrogens with zero attached hydrogens (tertiary/aromatic N) is 1. The Morgan fingerprint density at radius 1 is 1.14 bits per heavy atom. The maximum Gasteiger partial charge on any atom is 0.123 e. The predicted molar refractivity (Wildman–Crippen MR) is 86.0 cm³/mol. The molecule has 21 heavy (non-hydrogen) atoms. The van der Waals surface area contributed by atoms with Crippen molar-refractivity contribution >= 4 is 10.9 Å². The van der Waals surface area contributed by atoms with Crippen LogP contribution in [0.2, 0.25) is 0 Å². The predicted octanol–water partition coefficient (Wildman–Crippen LogP) is 4.26. The zero-order valence-electron chi connectivity index (χ0n) is 12.5. The molecule has 0 saturated heterocycles. The minimum Gasteiger partial charge on any atom is -0.488 e. The van der Waals surface area contributed by atoms with E-state index in [1.165, 1.54) is 27.6 Å². The van der Waals surface area contributed by atoms with Gasteiger partial charge in [-0.25, -0.2) is 0 Å². The summed E-state index contributed by atoms with van der Waals surface area (Å²) in [7, 11) is 0. The Bertz CT molecular complexity index is 816. The summed E-state index contributed by atoms with van der Waals surface area (Å²) < 4.78 is 8.40. The lowest BCUT2D eigenvalue weighted by atomic mass is 10.1. The van der Waals surface area contributed by atoms with Gasteiger partial charge in [-0.1, -0.05) is 29.8 Å². The van der Waals surface area contributed by atoms with Crippen LogP contribution in [0.1, 0.15) is 16.7 Å². The third-order valence-corrected chi connectivity index (χ3v) is 4.39. The minimum atomic E-state index is 0.234. The summed E-state index contributed by atoms with van der Waals surface area (Å²) in [5.41, 5.74) is 5.27. The Kier molecular flexibility index (Phi) is 2.78. The monoisotopic (exact) mass is 277 g/mol. The summed E-state index contributed by atoms with van der Waals surface area (Å²) in [6.07, 6.45) is 3.41. The Morgan fingerprint density at radius 3 is 2.95 bits per heavy atom. The fourth-order valence-electron chi connectivity index (χ4n) is 3.31. The Balaban J connectivity index is 1.61. The van der Waals surface area contributed by atoms with Crippen molar-refractivity contribution in [2.75, 3.05) is 0 Å². The fraction of sp³-hybridized carbons (Fsp3) is 0.263. The summed E-state index contributed by atoms with van der Waals surface area (Å²) in [5, 5.41) is 1.34. The van der Waals surface area contributed by atoms with Crippen molar-refractivity contribution in [1.82, 2.24) is 4.57 Å². The molecule has 1 aliphatic rings. The summed E-state index contributed by atoms with van der Waals surface area (Å²) in [6, 6.07) is 15.1. The third kappa shape index (κ3) is 2.11. The molecule has 3 aromatic rings. The largest absolute Gasteiger partial charge is 0.488 e. The maximum absolute atomic E-state index is 6.09. The molecule has 0 bridgehead atoms. The van der Waals surface area contributed by atoms with E-state index in [0.29, 0.717) is 0 Å². The highest BCUT2D eigenvalue weighted by Gasteiger charge is 2.23. The molecule has 0 N–H and O–H groups in total. The quantitative estimate of drug-likeness (QED) is 0.682. The molecule has 0 saturated carbocycles. The van der Waals surface area contributed by atoms with Gasteiger partial charge in [0.05, 0.1) is 6.54 Å². The van der Waals surface area contributed by atoms with Crippen molar-refractivity contribution in [2.24, 2.45) is 0 Å². The van der Waals surface area contributed by atoms with E-state index in [4.69, 9.17) is 4.74 Å². The molecule has 1 aliphatic heterocycles. The van der Waals surface area contributed by atoms with Gasteiger partial charge in [-0.2, -0.15) is 0 Å². The van der Waals surface area contributed by atoms with Gasteiger partial charge >= 0.3 is 0 Å². The highest BCUT2D eigenvalue weighted by atomic mass is 16.5. The van der Waals surface area contributed by atoms with Gasteiger partial charge in [0, 0.05) is 23.5 Å². The number of fused-ring (bicyclic) bond motifs is 2. The van der Waals surface area contributed by atoms with Crippen molar-refractivity contribution < 1.29 is 4.74 Å². The number of aromatic nitrogens is 1. The molecule has 2 heteroatoms. The van der Waals surface area contributed by atoms with Crippen LogP contribution in [0.4, 0.5) is 0 Å². The second kappa shape index (κ2) is 4.66. The molecule has 4 rings (SSSR count). The van der Waals surface area contributed by atoms with Gasteiger partial charge in [-0.3, -0.25) is 0 Å².